The molecule has 16 heavy (non-hydrogen) atoms. The molecule has 7 N–H and O–H groups in total. The number of aromatic nitrogens is 2. The minimum Gasteiger partial charge on any atom is -0.504 e. The molecule has 0 aliphatic heterocycles. The first-order valence-corrected chi connectivity index (χ1v) is 4.46. The Kier molecular flexibility index (Phi) is 3.90. The van der Waals surface area contributed by atoms with Crippen molar-refractivity contribution in [2.45, 2.75) is 0 Å². The zero-order valence-corrected chi connectivity index (χ0v) is 8.54. The van der Waals surface area contributed by atoms with Crippen LogP contribution in [0.2, 0.25) is 0 Å². The van der Waals surface area contributed by atoms with Gasteiger partial charge in [0, 0.05) is 12.4 Å². The molecular formula is C10H13N5O. The second kappa shape index (κ2) is 5.40. The summed E-state index contributed by atoms with van der Waals surface area (Å²) in [6.07, 6.45) is 3.13. The van der Waals surface area contributed by atoms with Gasteiger partial charge in [-0.1, -0.05) is 0 Å². The third kappa shape index (κ3) is 3.33. The first kappa shape index (κ1) is 11.6. The second-order valence-electron chi connectivity index (χ2n) is 2.89. The maximum Gasteiger partial charge on any atom is 0.165 e. The van der Waals surface area contributed by atoms with Crippen molar-refractivity contribution in [3.05, 3.63) is 36.7 Å². The first-order valence-electron chi connectivity index (χ1n) is 4.46. The highest BCUT2D eigenvalue weighted by Crippen LogP contribution is 2.12. The van der Waals surface area contributed by atoms with E-state index >= 15 is 0 Å². The molecule has 0 radical (unpaired) electrons. The third-order valence-corrected chi connectivity index (χ3v) is 1.69. The SMILES string of the molecule is Nc1cccnc1N.Nc1ncccc1O. The van der Waals surface area contributed by atoms with E-state index in [1.54, 1.807) is 24.4 Å². The van der Waals surface area contributed by atoms with Crippen molar-refractivity contribution in [2.75, 3.05) is 17.2 Å². The van der Waals surface area contributed by atoms with Crippen LogP contribution in [0, 0.1) is 0 Å². The molecule has 0 saturated carbocycles. The zero-order valence-electron chi connectivity index (χ0n) is 8.54. The van der Waals surface area contributed by atoms with Crippen LogP contribution in [-0.2, 0) is 0 Å². The topological polar surface area (TPSA) is 124 Å². The van der Waals surface area contributed by atoms with Crippen LogP contribution in [0.3, 0.4) is 0 Å². The number of hydrogen-bond acceptors (Lipinski definition) is 6. The maximum atomic E-state index is 8.73. The van der Waals surface area contributed by atoms with Gasteiger partial charge in [0.15, 0.2) is 11.6 Å². The Balaban J connectivity index is 0.000000160. The van der Waals surface area contributed by atoms with Crippen LogP contribution in [0.1, 0.15) is 0 Å². The van der Waals surface area contributed by atoms with Crippen molar-refractivity contribution in [3.63, 3.8) is 0 Å². The van der Waals surface area contributed by atoms with Crippen LogP contribution in [-0.4, -0.2) is 15.1 Å². The number of nitrogens with two attached hydrogens (primary N) is 3. The second-order valence-corrected chi connectivity index (χ2v) is 2.89. The quantitative estimate of drug-likeness (QED) is 0.514. The van der Waals surface area contributed by atoms with Gasteiger partial charge in [-0.3, -0.25) is 0 Å². The van der Waals surface area contributed by atoms with E-state index in [-0.39, 0.29) is 11.6 Å². The first-order chi connectivity index (χ1) is 7.61. The monoisotopic (exact) mass is 219 g/mol. The van der Waals surface area contributed by atoms with Gasteiger partial charge in [-0.05, 0) is 24.3 Å². The Morgan fingerprint density at radius 2 is 1.44 bits per heavy atom. The van der Waals surface area contributed by atoms with Crippen LogP contribution in [0.15, 0.2) is 36.7 Å². The van der Waals surface area contributed by atoms with Crippen LogP contribution in [0.5, 0.6) is 5.75 Å². The highest BCUT2D eigenvalue weighted by molar-refractivity contribution is 5.56. The molecule has 0 amide bonds. The molecule has 0 atom stereocenters. The van der Waals surface area contributed by atoms with Gasteiger partial charge < -0.3 is 22.3 Å². The van der Waals surface area contributed by atoms with Crippen molar-refractivity contribution in [1.29, 1.82) is 0 Å². The summed E-state index contributed by atoms with van der Waals surface area (Å²) in [6.45, 7) is 0. The van der Waals surface area contributed by atoms with Gasteiger partial charge in [0.2, 0.25) is 0 Å². The predicted octanol–water partition coefficient (Wildman–Crippen LogP) is 0.615. The van der Waals surface area contributed by atoms with E-state index in [0.717, 1.165) is 0 Å². The Hall–Kier alpha value is -2.50. The van der Waals surface area contributed by atoms with E-state index < -0.39 is 0 Å². The molecule has 0 saturated heterocycles. The van der Waals surface area contributed by atoms with E-state index in [0.29, 0.717) is 11.5 Å². The smallest absolute Gasteiger partial charge is 0.165 e. The van der Waals surface area contributed by atoms with Crippen LogP contribution in [0.25, 0.3) is 0 Å². The molecule has 84 valence electrons. The Morgan fingerprint density at radius 1 is 0.875 bits per heavy atom. The van der Waals surface area contributed by atoms with E-state index in [1.165, 1.54) is 12.3 Å². The van der Waals surface area contributed by atoms with Crippen LogP contribution < -0.4 is 17.2 Å². The standard InChI is InChI=1S/C5H7N3.C5H6N2O/c6-4-2-1-3-8-5(4)7;6-5-4(8)2-1-3-7-5/h1-3H,6H2,(H2,7,8);1-3,8H,(H2,6,7). The molecule has 0 aliphatic rings. The van der Waals surface area contributed by atoms with Gasteiger partial charge in [-0.2, -0.15) is 0 Å². The van der Waals surface area contributed by atoms with Gasteiger partial charge in [0.1, 0.15) is 5.82 Å². The maximum absolute atomic E-state index is 8.73. The minimum atomic E-state index is 0.0347. The van der Waals surface area contributed by atoms with E-state index in [4.69, 9.17) is 22.3 Å². The van der Waals surface area contributed by atoms with Crippen molar-refractivity contribution >= 4 is 17.3 Å². The Morgan fingerprint density at radius 3 is 1.75 bits per heavy atom. The summed E-state index contributed by atoms with van der Waals surface area (Å²) in [6, 6.07) is 6.56. The molecule has 0 bridgehead atoms. The highest BCUT2D eigenvalue weighted by atomic mass is 16.3. The van der Waals surface area contributed by atoms with Crippen molar-refractivity contribution in [2.24, 2.45) is 0 Å². The molecule has 2 aromatic heterocycles. The van der Waals surface area contributed by atoms with Crippen molar-refractivity contribution in [1.82, 2.24) is 9.97 Å². The van der Waals surface area contributed by atoms with Crippen molar-refractivity contribution < 1.29 is 5.11 Å². The molecule has 0 aliphatic carbocycles. The highest BCUT2D eigenvalue weighted by Gasteiger charge is 1.89. The number of nitrogens with zero attached hydrogens (tertiary/aromatic N) is 2. The summed E-state index contributed by atoms with van der Waals surface area (Å²) in [7, 11) is 0. The lowest BCUT2D eigenvalue weighted by atomic mass is 10.4. The third-order valence-electron chi connectivity index (χ3n) is 1.69. The van der Waals surface area contributed by atoms with Gasteiger partial charge in [0.05, 0.1) is 5.69 Å². The fourth-order valence-corrected chi connectivity index (χ4v) is 0.839. The number of hydrogen-bond donors (Lipinski definition) is 4. The summed E-state index contributed by atoms with van der Waals surface area (Å²) in [5.41, 5.74) is 16.3. The van der Waals surface area contributed by atoms with E-state index in [9.17, 15) is 0 Å². The fraction of sp³-hybridized carbons (Fsp3) is 0. The molecule has 2 rings (SSSR count). The largest absolute Gasteiger partial charge is 0.504 e. The predicted molar refractivity (Wildman–Crippen MR) is 63.4 cm³/mol. The Bertz CT molecular complexity index is 375. The van der Waals surface area contributed by atoms with Gasteiger partial charge >= 0.3 is 0 Å². The lowest BCUT2D eigenvalue weighted by Gasteiger charge is -1.92. The summed E-state index contributed by atoms with van der Waals surface area (Å²) in [5.74, 6) is 0.604. The Labute approximate surface area is 92.7 Å². The molecule has 0 unspecified atom stereocenters. The molecular weight excluding hydrogens is 206 g/mol. The van der Waals surface area contributed by atoms with Gasteiger partial charge in [-0.15, -0.1) is 0 Å². The van der Waals surface area contributed by atoms with Crippen LogP contribution >= 0.6 is 0 Å². The molecule has 6 nitrogen and oxygen atoms in total. The molecule has 0 spiro atoms. The lowest BCUT2D eigenvalue weighted by Crippen LogP contribution is -1.95. The van der Waals surface area contributed by atoms with E-state index in [2.05, 4.69) is 9.97 Å². The van der Waals surface area contributed by atoms with Gasteiger partial charge in [-0.25, -0.2) is 9.97 Å². The molecule has 6 heteroatoms. The van der Waals surface area contributed by atoms with E-state index in [1.807, 2.05) is 0 Å². The number of rotatable bonds is 0. The number of aromatic hydroxyl groups is 1. The summed E-state index contributed by atoms with van der Waals surface area (Å²) < 4.78 is 0. The number of anilines is 3. The molecule has 0 fully saturated rings. The molecule has 2 aromatic rings. The van der Waals surface area contributed by atoms with Gasteiger partial charge in [0.25, 0.3) is 0 Å². The lowest BCUT2D eigenvalue weighted by molar-refractivity contribution is 0.476. The normalized spacial score (nSPS) is 9.00. The fourth-order valence-electron chi connectivity index (χ4n) is 0.839. The number of pyridine rings is 2. The van der Waals surface area contributed by atoms with Crippen LogP contribution in [0.4, 0.5) is 17.3 Å². The van der Waals surface area contributed by atoms with Crippen molar-refractivity contribution in [3.8, 4) is 5.75 Å². The summed E-state index contributed by atoms with van der Waals surface area (Å²) in [5, 5.41) is 8.73. The average molecular weight is 219 g/mol. The zero-order chi connectivity index (χ0) is 12.0. The number of nitrogen functional groups attached to an aromatic ring is 3. The minimum absolute atomic E-state index is 0.0347. The molecule has 0 aromatic carbocycles. The molecule has 2 heterocycles. The average Bonchev–Trinajstić information content (AvgIpc) is 2.28. The summed E-state index contributed by atoms with van der Waals surface area (Å²) in [4.78, 5) is 7.34. The summed E-state index contributed by atoms with van der Waals surface area (Å²) >= 11 is 0.